The zero-order valence-corrected chi connectivity index (χ0v) is 9.90. The van der Waals surface area contributed by atoms with Crippen LogP contribution in [-0.2, 0) is 4.79 Å². The number of fused-ring (bicyclic) bond motifs is 1. The smallest absolute Gasteiger partial charge is 0.226 e. The number of rotatable bonds is 2. The molecule has 3 nitrogen and oxygen atoms in total. The van der Waals surface area contributed by atoms with Gasteiger partial charge >= 0.3 is 0 Å². The Morgan fingerprint density at radius 2 is 1.76 bits per heavy atom. The van der Waals surface area contributed by atoms with Crippen LogP contribution in [0.4, 0.5) is 5.69 Å². The number of nitrogens with one attached hydrogen (secondary N) is 1. The molecule has 0 radical (unpaired) electrons. The quantitative estimate of drug-likeness (QED) is 0.831. The third kappa shape index (κ3) is 2.23. The Morgan fingerprint density at radius 1 is 1.12 bits per heavy atom. The van der Waals surface area contributed by atoms with Gasteiger partial charge in [-0.15, -0.1) is 0 Å². The second-order valence-corrected chi connectivity index (χ2v) is 4.32. The second-order valence-electron chi connectivity index (χ2n) is 4.32. The highest BCUT2D eigenvalue weighted by atomic mass is 16.3. The molecule has 0 spiro atoms. The Morgan fingerprint density at radius 3 is 2.47 bits per heavy atom. The van der Waals surface area contributed by atoms with E-state index >= 15 is 0 Å². The first-order chi connectivity index (χ1) is 8.09. The Kier molecular flexibility index (Phi) is 3.00. The van der Waals surface area contributed by atoms with Crippen molar-refractivity contribution in [3.63, 3.8) is 0 Å². The van der Waals surface area contributed by atoms with Gasteiger partial charge in [0.05, 0.1) is 0 Å². The molecule has 0 fully saturated rings. The molecule has 2 aromatic rings. The summed E-state index contributed by atoms with van der Waals surface area (Å²) in [5.74, 6) is 0.131. The molecule has 17 heavy (non-hydrogen) atoms. The maximum Gasteiger partial charge on any atom is 0.226 e. The average molecular weight is 229 g/mol. The summed E-state index contributed by atoms with van der Waals surface area (Å²) in [6.07, 6.45) is 0. The minimum absolute atomic E-state index is 0.0270. The third-order valence-electron chi connectivity index (χ3n) is 2.68. The predicted octanol–water partition coefficient (Wildman–Crippen LogP) is 3.14. The van der Waals surface area contributed by atoms with Crippen molar-refractivity contribution in [1.29, 1.82) is 0 Å². The van der Waals surface area contributed by atoms with Crippen LogP contribution in [-0.4, -0.2) is 11.0 Å². The predicted molar refractivity (Wildman–Crippen MR) is 69.1 cm³/mol. The summed E-state index contributed by atoms with van der Waals surface area (Å²) < 4.78 is 0. The summed E-state index contributed by atoms with van der Waals surface area (Å²) in [4.78, 5) is 11.7. The summed E-state index contributed by atoms with van der Waals surface area (Å²) in [5.41, 5.74) is 0.733. The van der Waals surface area contributed by atoms with Gasteiger partial charge in [-0.1, -0.05) is 38.1 Å². The molecule has 2 rings (SSSR count). The summed E-state index contributed by atoms with van der Waals surface area (Å²) in [6, 6.07) is 10.8. The normalized spacial score (nSPS) is 10.8. The van der Waals surface area contributed by atoms with Crippen molar-refractivity contribution in [2.75, 3.05) is 5.32 Å². The van der Waals surface area contributed by atoms with Crippen molar-refractivity contribution in [3.05, 3.63) is 36.4 Å². The fourth-order valence-corrected chi connectivity index (χ4v) is 1.68. The lowest BCUT2D eigenvalue weighted by Crippen LogP contribution is -2.17. The van der Waals surface area contributed by atoms with Crippen LogP contribution in [0.3, 0.4) is 0 Å². The maximum absolute atomic E-state index is 11.7. The zero-order valence-electron chi connectivity index (χ0n) is 9.90. The fourth-order valence-electron chi connectivity index (χ4n) is 1.68. The highest BCUT2D eigenvalue weighted by molar-refractivity contribution is 6.04. The molecule has 0 saturated carbocycles. The first kappa shape index (κ1) is 11.5. The van der Waals surface area contributed by atoms with Gasteiger partial charge in [0.25, 0.3) is 0 Å². The zero-order chi connectivity index (χ0) is 12.4. The van der Waals surface area contributed by atoms with Gasteiger partial charge in [-0.3, -0.25) is 4.79 Å². The van der Waals surface area contributed by atoms with Crippen molar-refractivity contribution in [2.24, 2.45) is 5.92 Å². The molecular weight excluding hydrogens is 214 g/mol. The number of carbonyl (C=O) groups is 1. The van der Waals surface area contributed by atoms with E-state index in [1.54, 1.807) is 12.1 Å². The van der Waals surface area contributed by atoms with Crippen molar-refractivity contribution in [1.82, 2.24) is 0 Å². The van der Waals surface area contributed by atoms with Gasteiger partial charge in [0.2, 0.25) is 5.91 Å². The number of benzene rings is 2. The lowest BCUT2D eigenvalue weighted by Gasteiger charge is -2.11. The van der Waals surface area contributed by atoms with Crippen molar-refractivity contribution >= 4 is 22.4 Å². The third-order valence-corrected chi connectivity index (χ3v) is 2.68. The standard InChI is InChI=1S/C14H15NO2/c1-9(2)14(17)15-12-7-3-6-11-10(12)5-4-8-13(11)16/h3-9,16H,1-2H3,(H,15,17). The van der Waals surface area contributed by atoms with Crippen molar-refractivity contribution < 1.29 is 9.90 Å². The monoisotopic (exact) mass is 229 g/mol. The van der Waals surface area contributed by atoms with Crippen LogP contribution < -0.4 is 5.32 Å². The molecule has 0 heterocycles. The largest absolute Gasteiger partial charge is 0.507 e. The van der Waals surface area contributed by atoms with E-state index in [-0.39, 0.29) is 17.6 Å². The summed E-state index contributed by atoms with van der Waals surface area (Å²) in [6.45, 7) is 3.69. The summed E-state index contributed by atoms with van der Waals surface area (Å²) in [5, 5.41) is 14.2. The van der Waals surface area contributed by atoms with Crippen LogP contribution in [0.1, 0.15) is 13.8 Å². The average Bonchev–Trinajstić information content (AvgIpc) is 2.30. The first-order valence-electron chi connectivity index (χ1n) is 5.61. The van der Waals surface area contributed by atoms with E-state index in [0.29, 0.717) is 0 Å². The molecule has 1 amide bonds. The van der Waals surface area contributed by atoms with Gasteiger partial charge in [0.1, 0.15) is 5.75 Å². The number of carbonyl (C=O) groups excluding carboxylic acids is 1. The van der Waals surface area contributed by atoms with Crippen LogP contribution in [0.15, 0.2) is 36.4 Å². The Hall–Kier alpha value is -2.03. The van der Waals surface area contributed by atoms with Crippen LogP contribution in [0.2, 0.25) is 0 Å². The molecule has 0 saturated heterocycles. The maximum atomic E-state index is 11.7. The molecule has 0 atom stereocenters. The molecule has 88 valence electrons. The highest BCUT2D eigenvalue weighted by Crippen LogP contribution is 2.29. The Bertz CT molecular complexity index is 561. The van der Waals surface area contributed by atoms with Crippen LogP contribution >= 0.6 is 0 Å². The summed E-state index contributed by atoms with van der Waals surface area (Å²) >= 11 is 0. The van der Waals surface area contributed by atoms with Gasteiger partial charge in [-0.25, -0.2) is 0 Å². The molecule has 0 unspecified atom stereocenters. The van der Waals surface area contributed by atoms with E-state index in [9.17, 15) is 9.90 Å². The van der Waals surface area contributed by atoms with E-state index in [0.717, 1.165) is 16.5 Å². The molecule has 3 heteroatoms. The number of phenolic OH excluding ortho intramolecular Hbond substituents is 1. The second kappa shape index (κ2) is 4.45. The molecule has 0 aliphatic rings. The minimum atomic E-state index is -0.0671. The molecule has 0 aliphatic carbocycles. The molecule has 2 N–H and O–H groups in total. The van der Waals surface area contributed by atoms with Gasteiger partial charge in [0.15, 0.2) is 0 Å². The molecule has 0 aliphatic heterocycles. The lowest BCUT2D eigenvalue weighted by molar-refractivity contribution is -0.118. The number of aromatic hydroxyl groups is 1. The SMILES string of the molecule is CC(C)C(=O)Nc1cccc2c(O)cccc12. The van der Waals surface area contributed by atoms with Gasteiger partial charge in [0, 0.05) is 22.4 Å². The van der Waals surface area contributed by atoms with Gasteiger partial charge in [-0.05, 0) is 12.1 Å². The molecular formula is C14H15NO2. The number of anilines is 1. The lowest BCUT2D eigenvalue weighted by atomic mass is 10.1. The van der Waals surface area contributed by atoms with E-state index in [2.05, 4.69) is 5.32 Å². The van der Waals surface area contributed by atoms with E-state index < -0.39 is 0 Å². The van der Waals surface area contributed by atoms with Crippen LogP contribution in [0, 0.1) is 5.92 Å². The molecule has 0 aromatic heterocycles. The Balaban J connectivity index is 2.48. The Labute approximate surface area is 100 Å². The fraction of sp³-hybridized carbons (Fsp3) is 0.214. The molecule has 0 bridgehead atoms. The number of hydrogen-bond donors (Lipinski definition) is 2. The van der Waals surface area contributed by atoms with Crippen molar-refractivity contribution in [2.45, 2.75) is 13.8 Å². The topological polar surface area (TPSA) is 49.3 Å². The first-order valence-corrected chi connectivity index (χ1v) is 5.61. The van der Waals surface area contributed by atoms with Crippen molar-refractivity contribution in [3.8, 4) is 5.75 Å². The van der Waals surface area contributed by atoms with E-state index in [1.165, 1.54) is 0 Å². The minimum Gasteiger partial charge on any atom is -0.507 e. The van der Waals surface area contributed by atoms with Gasteiger partial charge in [-0.2, -0.15) is 0 Å². The number of hydrogen-bond acceptors (Lipinski definition) is 2. The number of amides is 1. The van der Waals surface area contributed by atoms with Crippen LogP contribution in [0.5, 0.6) is 5.75 Å². The summed E-state index contributed by atoms with van der Waals surface area (Å²) in [7, 11) is 0. The van der Waals surface area contributed by atoms with Crippen LogP contribution in [0.25, 0.3) is 10.8 Å². The highest BCUT2D eigenvalue weighted by Gasteiger charge is 2.09. The number of phenols is 1. The van der Waals surface area contributed by atoms with Gasteiger partial charge < -0.3 is 10.4 Å². The van der Waals surface area contributed by atoms with E-state index in [4.69, 9.17) is 0 Å². The molecule has 2 aromatic carbocycles. The van der Waals surface area contributed by atoms with E-state index in [1.807, 2.05) is 38.1 Å².